The van der Waals surface area contributed by atoms with Gasteiger partial charge in [-0.15, -0.1) is 0 Å². The summed E-state index contributed by atoms with van der Waals surface area (Å²) in [5.74, 6) is -2.50. The van der Waals surface area contributed by atoms with Crippen LogP contribution in [-0.2, 0) is 4.74 Å². The van der Waals surface area contributed by atoms with Crippen molar-refractivity contribution >= 4 is 23.2 Å². The van der Waals surface area contributed by atoms with Gasteiger partial charge in [-0.1, -0.05) is 0 Å². The fourth-order valence-corrected chi connectivity index (χ4v) is 3.97. The third-order valence-electron chi connectivity index (χ3n) is 5.55. The number of carbonyl (C=O) groups is 1. The van der Waals surface area contributed by atoms with E-state index in [0.717, 1.165) is 31.6 Å². The van der Waals surface area contributed by atoms with E-state index in [1.807, 2.05) is 12.1 Å². The van der Waals surface area contributed by atoms with Crippen molar-refractivity contribution < 1.29 is 18.3 Å². The lowest BCUT2D eigenvalue weighted by Crippen LogP contribution is -2.49. The van der Waals surface area contributed by atoms with Crippen LogP contribution < -0.4 is 16.0 Å². The van der Waals surface area contributed by atoms with Crippen LogP contribution in [0, 0.1) is 0 Å². The van der Waals surface area contributed by atoms with E-state index < -0.39 is 17.6 Å². The average molecular weight is 411 g/mol. The van der Waals surface area contributed by atoms with Crippen LogP contribution in [0.25, 0.3) is 0 Å². The van der Waals surface area contributed by atoms with E-state index in [9.17, 15) is 13.6 Å². The zero-order valence-corrected chi connectivity index (χ0v) is 17.5. The Labute approximate surface area is 171 Å². The Morgan fingerprint density at radius 3 is 2.38 bits per heavy atom. The van der Waals surface area contributed by atoms with E-state index in [-0.39, 0.29) is 12.8 Å². The van der Waals surface area contributed by atoms with Crippen LogP contribution in [0.3, 0.4) is 0 Å². The van der Waals surface area contributed by atoms with Gasteiger partial charge in [0.15, 0.2) is 0 Å². The maximum absolute atomic E-state index is 13.4. The average Bonchev–Trinajstić information content (AvgIpc) is 2.62. The Bertz CT molecular complexity index is 718. The first-order chi connectivity index (χ1) is 13.5. The number of carbonyl (C=O) groups excluding carboxylic acids is 1. The zero-order valence-electron chi connectivity index (χ0n) is 17.5. The van der Waals surface area contributed by atoms with Crippen molar-refractivity contribution in [2.45, 2.75) is 64.0 Å². The summed E-state index contributed by atoms with van der Waals surface area (Å²) in [6, 6.07) is 5.94. The summed E-state index contributed by atoms with van der Waals surface area (Å²) < 4.78 is 32.1. The van der Waals surface area contributed by atoms with Crippen molar-refractivity contribution in [3.63, 3.8) is 0 Å². The predicted molar refractivity (Wildman–Crippen MR) is 112 cm³/mol. The summed E-state index contributed by atoms with van der Waals surface area (Å²) in [6.45, 7) is 8.05. The number of nitrogens with one attached hydrogen (secondary N) is 1. The first kappa shape index (κ1) is 21.6. The molecule has 2 fully saturated rings. The lowest BCUT2D eigenvalue weighted by Gasteiger charge is -2.42. The monoisotopic (exact) mass is 410 g/mol. The molecule has 6 nitrogen and oxygen atoms in total. The van der Waals surface area contributed by atoms with Gasteiger partial charge in [0.2, 0.25) is 0 Å². The largest absolute Gasteiger partial charge is 0.444 e. The summed E-state index contributed by atoms with van der Waals surface area (Å²) >= 11 is 0. The second-order valence-electron chi connectivity index (χ2n) is 9.01. The van der Waals surface area contributed by atoms with Gasteiger partial charge < -0.3 is 15.4 Å². The summed E-state index contributed by atoms with van der Waals surface area (Å²) in [7, 11) is 0. The van der Waals surface area contributed by atoms with E-state index in [2.05, 4.69) is 15.1 Å². The molecule has 2 heterocycles. The highest BCUT2D eigenvalue weighted by Crippen LogP contribution is 2.32. The van der Waals surface area contributed by atoms with Crippen molar-refractivity contribution in [1.82, 2.24) is 4.90 Å². The topological polar surface area (TPSA) is 70.8 Å². The molecule has 3 rings (SSSR count). The Hall–Kier alpha value is -2.09. The number of amides is 1. The van der Waals surface area contributed by atoms with E-state index in [0.29, 0.717) is 30.5 Å². The molecule has 0 spiro atoms. The molecule has 0 aliphatic carbocycles. The summed E-state index contributed by atoms with van der Waals surface area (Å²) in [5.41, 5.74) is 7.41. The zero-order chi connectivity index (χ0) is 21.2. The molecular weight excluding hydrogens is 378 g/mol. The molecule has 2 aliphatic rings. The van der Waals surface area contributed by atoms with Gasteiger partial charge in [0.1, 0.15) is 5.60 Å². The Morgan fingerprint density at radius 1 is 1.17 bits per heavy atom. The van der Waals surface area contributed by atoms with E-state index in [4.69, 9.17) is 10.5 Å². The minimum absolute atomic E-state index is 0.0368. The summed E-state index contributed by atoms with van der Waals surface area (Å²) in [4.78, 5) is 16.5. The van der Waals surface area contributed by atoms with Crippen LogP contribution in [0.4, 0.5) is 30.6 Å². The smallest absolute Gasteiger partial charge is 0.412 e. The molecule has 3 N–H and O–H groups in total. The third kappa shape index (κ3) is 5.95. The number of hydrogen-bond donors (Lipinski definition) is 2. The van der Waals surface area contributed by atoms with Gasteiger partial charge in [-0.05, 0) is 51.8 Å². The molecule has 0 saturated carbocycles. The van der Waals surface area contributed by atoms with Gasteiger partial charge >= 0.3 is 6.09 Å². The van der Waals surface area contributed by atoms with E-state index >= 15 is 0 Å². The first-order valence-electron chi connectivity index (χ1n) is 10.3. The number of hydrogen-bond acceptors (Lipinski definition) is 5. The number of benzene rings is 1. The van der Waals surface area contributed by atoms with Crippen molar-refractivity contribution in [2.75, 3.05) is 42.1 Å². The minimum atomic E-state index is -2.50. The quantitative estimate of drug-likeness (QED) is 0.727. The number of likely N-dealkylation sites (tertiary alicyclic amines) is 1. The first-order valence-corrected chi connectivity index (χ1v) is 10.3. The van der Waals surface area contributed by atoms with Gasteiger partial charge in [-0.25, -0.2) is 13.6 Å². The fourth-order valence-electron chi connectivity index (χ4n) is 3.97. The molecule has 0 atom stereocenters. The standard InChI is InChI=1S/C21H32F2N4O2/c1-20(2,3)29-19(28)25-18-14-16(4-5-17(18)24)26-10-6-15(7-11-26)27-12-8-21(22,23)9-13-27/h4-5,14-15H,6-13,24H2,1-3H3,(H,25,28). The number of anilines is 3. The fraction of sp³-hybridized carbons (Fsp3) is 0.667. The molecular formula is C21H32F2N4O2. The van der Waals surface area contributed by atoms with Crippen molar-refractivity contribution in [3.8, 4) is 0 Å². The molecule has 8 heteroatoms. The van der Waals surface area contributed by atoms with Gasteiger partial charge in [-0.3, -0.25) is 10.2 Å². The minimum Gasteiger partial charge on any atom is -0.444 e. The van der Waals surface area contributed by atoms with Crippen LogP contribution in [0.15, 0.2) is 18.2 Å². The molecule has 2 aliphatic heterocycles. The lowest BCUT2D eigenvalue weighted by molar-refractivity contribution is -0.0646. The summed E-state index contributed by atoms with van der Waals surface area (Å²) in [6.07, 6.45) is 1.26. The maximum atomic E-state index is 13.4. The number of nitrogens with zero attached hydrogens (tertiary/aromatic N) is 2. The van der Waals surface area contributed by atoms with E-state index in [1.165, 1.54) is 0 Å². The molecule has 0 aromatic heterocycles. The molecule has 1 amide bonds. The van der Waals surface area contributed by atoms with Gasteiger partial charge in [0, 0.05) is 50.7 Å². The van der Waals surface area contributed by atoms with Crippen molar-refractivity contribution in [2.24, 2.45) is 0 Å². The highest BCUT2D eigenvalue weighted by molar-refractivity contribution is 5.90. The van der Waals surface area contributed by atoms with Crippen LogP contribution in [0.1, 0.15) is 46.5 Å². The SMILES string of the molecule is CC(C)(C)OC(=O)Nc1cc(N2CCC(N3CCC(F)(F)CC3)CC2)ccc1N. The molecule has 0 radical (unpaired) electrons. The van der Waals surface area contributed by atoms with Crippen LogP contribution >= 0.6 is 0 Å². The highest BCUT2D eigenvalue weighted by atomic mass is 19.3. The second kappa shape index (κ2) is 8.34. The lowest BCUT2D eigenvalue weighted by atomic mass is 9.98. The maximum Gasteiger partial charge on any atom is 0.412 e. The Morgan fingerprint density at radius 2 is 1.79 bits per heavy atom. The molecule has 1 aromatic carbocycles. The predicted octanol–water partition coefficient (Wildman–Crippen LogP) is 4.32. The van der Waals surface area contributed by atoms with Crippen LogP contribution in [0.2, 0.25) is 0 Å². The second-order valence-corrected chi connectivity index (χ2v) is 9.01. The molecule has 162 valence electrons. The molecule has 29 heavy (non-hydrogen) atoms. The summed E-state index contributed by atoms with van der Waals surface area (Å²) in [5, 5.41) is 2.72. The van der Waals surface area contributed by atoms with Crippen LogP contribution in [0.5, 0.6) is 0 Å². The number of nitrogens with two attached hydrogens (primary N) is 1. The molecule has 0 bridgehead atoms. The number of halogens is 2. The highest BCUT2D eigenvalue weighted by Gasteiger charge is 2.37. The number of piperidine rings is 2. The van der Waals surface area contributed by atoms with E-state index in [1.54, 1.807) is 26.8 Å². The van der Waals surface area contributed by atoms with Gasteiger partial charge in [-0.2, -0.15) is 0 Å². The Balaban J connectivity index is 1.57. The van der Waals surface area contributed by atoms with Crippen molar-refractivity contribution in [3.05, 3.63) is 18.2 Å². The van der Waals surface area contributed by atoms with Gasteiger partial charge in [0.25, 0.3) is 5.92 Å². The molecule has 1 aromatic rings. The molecule has 0 unspecified atom stereocenters. The number of nitrogen functional groups attached to an aromatic ring is 1. The Kier molecular flexibility index (Phi) is 6.22. The normalized spacial score (nSPS) is 21.1. The third-order valence-corrected chi connectivity index (χ3v) is 5.55. The number of alkyl halides is 2. The number of ether oxygens (including phenoxy) is 1. The van der Waals surface area contributed by atoms with Crippen LogP contribution in [-0.4, -0.2) is 54.7 Å². The number of rotatable bonds is 3. The molecule has 2 saturated heterocycles. The van der Waals surface area contributed by atoms with Gasteiger partial charge in [0.05, 0.1) is 11.4 Å². The van der Waals surface area contributed by atoms with Crippen molar-refractivity contribution in [1.29, 1.82) is 0 Å².